The molecule has 0 spiro atoms. The number of benzene rings is 2. The van der Waals surface area contributed by atoms with Gasteiger partial charge in [-0.25, -0.2) is 0 Å². The zero-order chi connectivity index (χ0) is 14.7. The van der Waals surface area contributed by atoms with Crippen molar-refractivity contribution in [3.63, 3.8) is 0 Å². The Kier molecular flexibility index (Phi) is 3.73. The monoisotopic (exact) mass is 278 g/mol. The van der Waals surface area contributed by atoms with Crippen LogP contribution in [-0.2, 0) is 6.54 Å². The highest BCUT2D eigenvalue weighted by atomic mass is 16.5. The Morgan fingerprint density at radius 2 is 1.81 bits per heavy atom. The van der Waals surface area contributed by atoms with Crippen molar-refractivity contribution in [3.8, 4) is 5.75 Å². The van der Waals surface area contributed by atoms with E-state index in [9.17, 15) is 0 Å². The summed E-state index contributed by atoms with van der Waals surface area (Å²) in [6, 6.07) is 14.7. The first kappa shape index (κ1) is 13.4. The van der Waals surface area contributed by atoms with Crippen molar-refractivity contribution in [2.24, 2.45) is 0 Å². The average molecular weight is 278 g/mol. The van der Waals surface area contributed by atoms with Gasteiger partial charge in [0.1, 0.15) is 5.75 Å². The molecule has 1 heterocycles. The number of hydrogen-bond donors (Lipinski definition) is 1. The molecule has 106 valence electrons. The summed E-state index contributed by atoms with van der Waals surface area (Å²) in [5.74, 6) is 0.888. The van der Waals surface area contributed by atoms with Gasteiger partial charge in [0.25, 0.3) is 0 Å². The molecule has 0 amide bonds. The van der Waals surface area contributed by atoms with E-state index in [0.29, 0.717) is 0 Å². The van der Waals surface area contributed by atoms with E-state index in [-0.39, 0.29) is 0 Å². The lowest BCUT2D eigenvalue weighted by Gasteiger charge is -2.08. The second-order valence-electron chi connectivity index (χ2n) is 5.15. The molecule has 0 saturated carbocycles. The number of nitrogens with zero attached hydrogens (tertiary/aromatic N) is 1. The van der Waals surface area contributed by atoms with Crippen molar-refractivity contribution in [1.29, 1.82) is 0 Å². The smallest absolute Gasteiger partial charge is 0.119 e. The van der Waals surface area contributed by atoms with Crippen LogP contribution in [0.3, 0.4) is 0 Å². The van der Waals surface area contributed by atoms with Crippen molar-refractivity contribution in [2.75, 3.05) is 12.4 Å². The molecular weight excluding hydrogens is 260 g/mol. The van der Waals surface area contributed by atoms with Gasteiger partial charge < -0.3 is 10.1 Å². The Bertz CT molecular complexity index is 768. The highest BCUT2D eigenvalue weighted by molar-refractivity contribution is 5.84. The highest BCUT2D eigenvalue weighted by Gasteiger charge is 2.00. The minimum atomic E-state index is 0.785. The molecular formula is C18H18N2O. The highest BCUT2D eigenvalue weighted by Crippen LogP contribution is 2.22. The number of hydrogen-bond acceptors (Lipinski definition) is 3. The number of aromatic nitrogens is 1. The van der Waals surface area contributed by atoms with Crippen LogP contribution in [0.15, 0.2) is 54.9 Å². The molecule has 0 unspecified atom stereocenters. The first-order chi connectivity index (χ1) is 10.2. The molecule has 0 atom stereocenters. The van der Waals surface area contributed by atoms with Crippen LogP contribution in [0.1, 0.15) is 11.1 Å². The number of pyridine rings is 1. The summed E-state index contributed by atoms with van der Waals surface area (Å²) in [4.78, 5) is 4.19. The van der Waals surface area contributed by atoms with Crippen LogP contribution in [0.5, 0.6) is 5.75 Å². The van der Waals surface area contributed by atoms with E-state index in [2.05, 4.69) is 46.7 Å². The third-order valence-electron chi connectivity index (χ3n) is 3.48. The molecule has 0 radical (unpaired) electrons. The number of rotatable bonds is 4. The Balaban J connectivity index is 1.78. The fourth-order valence-electron chi connectivity index (χ4n) is 2.37. The van der Waals surface area contributed by atoms with Crippen LogP contribution in [0.2, 0.25) is 0 Å². The van der Waals surface area contributed by atoms with Gasteiger partial charge in [0.15, 0.2) is 0 Å². The lowest BCUT2D eigenvalue weighted by molar-refractivity contribution is 0.415. The number of ether oxygens (including phenoxy) is 1. The summed E-state index contributed by atoms with van der Waals surface area (Å²) in [5, 5.41) is 5.81. The molecule has 0 fully saturated rings. The van der Waals surface area contributed by atoms with Crippen LogP contribution in [0, 0.1) is 6.92 Å². The van der Waals surface area contributed by atoms with E-state index in [1.165, 1.54) is 16.3 Å². The molecule has 1 N–H and O–H groups in total. The second-order valence-corrected chi connectivity index (χ2v) is 5.15. The van der Waals surface area contributed by atoms with E-state index < -0.39 is 0 Å². The molecule has 0 aliphatic heterocycles. The summed E-state index contributed by atoms with van der Waals surface area (Å²) in [6.45, 7) is 2.83. The van der Waals surface area contributed by atoms with Gasteiger partial charge in [-0.15, -0.1) is 0 Å². The summed E-state index contributed by atoms with van der Waals surface area (Å²) in [5.41, 5.74) is 3.45. The Morgan fingerprint density at radius 3 is 2.62 bits per heavy atom. The van der Waals surface area contributed by atoms with Gasteiger partial charge in [-0.1, -0.05) is 18.2 Å². The molecule has 3 rings (SSSR count). The van der Waals surface area contributed by atoms with Crippen molar-refractivity contribution >= 4 is 16.5 Å². The molecule has 2 aromatic carbocycles. The van der Waals surface area contributed by atoms with E-state index in [1.54, 1.807) is 7.11 Å². The number of anilines is 1. The van der Waals surface area contributed by atoms with E-state index in [1.807, 2.05) is 25.4 Å². The predicted molar refractivity (Wildman–Crippen MR) is 86.8 cm³/mol. The number of aryl methyl sites for hydroxylation is 1. The molecule has 0 aliphatic rings. The van der Waals surface area contributed by atoms with Crippen LogP contribution in [-0.4, -0.2) is 12.1 Å². The third kappa shape index (κ3) is 3.14. The SMILES string of the molecule is COc1ccc2cc(CNc3cncc(C)c3)ccc2c1. The van der Waals surface area contributed by atoms with Gasteiger partial charge in [-0.2, -0.15) is 0 Å². The van der Waals surface area contributed by atoms with Crippen LogP contribution < -0.4 is 10.1 Å². The second kappa shape index (κ2) is 5.83. The molecule has 21 heavy (non-hydrogen) atoms. The maximum Gasteiger partial charge on any atom is 0.119 e. The van der Waals surface area contributed by atoms with Crippen LogP contribution in [0.25, 0.3) is 10.8 Å². The molecule has 1 aromatic heterocycles. The van der Waals surface area contributed by atoms with Crippen molar-refractivity contribution in [3.05, 3.63) is 66.0 Å². The number of fused-ring (bicyclic) bond motifs is 1. The van der Waals surface area contributed by atoms with E-state index in [4.69, 9.17) is 4.74 Å². The maximum absolute atomic E-state index is 5.25. The van der Waals surface area contributed by atoms with Crippen molar-refractivity contribution < 1.29 is 4.74 Å². The van der Waals surface area contributed by atoms with Gasteiger partial charge in [-0.05, 0) is 53.1 Å². The third-order valence-corrected chi connectivity index (χ3v) is 3.48. The normalized spacial score (nSPS) is 10.6. The van der Waals surface area contributed by atoms with Crippen molar-refractivity contribution in [2.45, 2.75) is 13.5 Å². The Hall–Kier alpha value is -2.55. The first-order valence-corrected chi connectivity index (χ1v) is 6.97. The van der Waals surface area contributed by atoms with Gasteiger partial charge in [0.05, 0.1) is 12.8 Å². The molecule has 0 saturated heterocycles. The molecule has 3 heteroatoms. The van der Waals surface area contributed by atoms with Gasteiger partial charge in [0.2, 0.25) is 0 Å². The van der Waals surface area contributed by atoms with Crippen molar-refractivity contribution in [1.82, 2.24) is 4.98 Å². The largest absolute Gasteiger partial charge is 0.497 e. The molecule has 0 aliphatic carbocycles. The standard InChI is InChI=1S/C18H18N2O/c1-13-7-17(12-19-10-13)20-11-14-3-4-16-9-18(21-2)6-5-15(16)8-14/h3-10,12,20H,11H2,1-2H3. The lowest BCUT2D eigenvalue weighted by Crippen LogP contribution is -2.00. The zero-order valence-corrected chi connectivity index (χ0v) is 12.3. The van der Waals surface area contributed by atoms with Gasteiger partial charge >= 0.3 is 0 Å². The number of methoxy groups -OCH3 is 1. The predicted octanol–water partition coefficient (Wildman–Crippen LogP) is 4.16. The summed E-state index contributed by atoms with van der Waals surface area (Å²) in [6.07, 6.45) is 3.70. The first-order valence-electron chi connectivity index (χ1n) is 6.97. The van der Waals surface area contributed by atoms with E-state index >= 15 is 0 Å². The number of nitrogens with one attached hydrogen (secondary N) is 1. The average Bonchev–Trinajstić information content (AvgIpc) is 2.52. The fourth-order valence-corrected chi connectivity index (χ4v) is 2.37. The van der Waals surface area contributed by atoms with Gasteiger partial charge in [-0.3, -0.25) is 4.98 Å². The van der Waals surface area contributed by atoms with Crippen LogP contribution >= 0.6 is 0 Å². The van der Waals surface area contributed by atoms with Gasteiger partial charge in [0, 0.05) is 18.9 Å². The lowest BCUT2D eigenvalue weighted by atomic mass is 10.1. The maximum atomic E-state index is 5.25. The summed E-state index contributed by atoms with van der Waals surface area (Å²) in [7, 11) is 1.69. The minimum absolute atomic E-state index is 0.785. The van der Waals surface area contributed by atoms with Crippen LogP contribution in [0.4, 0.5) is 5.69 Å². The molecule has 3 nitrogen and oxygen atoms in total. The fraction of sp³-hybridized carbons (Fsp3) is 0.167. The molecule has 0 bridgehead atoms. The zero-order valence-electron chi connectivity index (χ0n) is 12.3. The molecule has 3 aromatic rings. The Labute approximate surface area is 124 Å². The minimum Gasteiger partial charge on any atom is -0.497 e. The Morgan fingerprint density at radius 1 is 1.00 bits per heavy atom. The summed E-state index contributed by atoms with van der Waals surface area (Å²) >= 11 is 0. The quantitative estimate of drug-likeness (QED) is 0.778. The topological polar surface area (TPSA) is 34.1 Å². The van der Waals surface area contributed by atoms with E-state index in [0.717, 1.165) is 23.5 Å². The summed E-state index contributed by atoms with van der Waals surface area (Å²) < 4.78 is 5.25.